The van der Waals surface area contributed by atoms with E-state index in [9.17, 15) is 21.6 Å². The van der Waals surface area contributed by atoms with E-state index in [-0.39, 0.29) is 33.9 Å². The molecule has 0 bridgehead atoms. The van der Waals surface area contributed by atoms with Crippen molar-refractivity contribution in [3.8, 4) is 0 Å². The largest absolute Gasteiger partial charge is 0.335 e. The van der Waals surface area contributed by atoms with Gasteiger partial charge in [-0.25, -0.2) is 21.6 Å². The van der Waals surface area contributed by atoms with Crippen LogP contribution in [0.2, 0.25) is 0 Å². The van der Waals surface area contributed by atoms with Gasteiger partial charge >= 0.3 is 0 Å². The number of carbonyl (C=O) groups excluding carboxylic acids is 1. The van der Waals surface area contributed by atoms with E-state index in [1.54, 1.807) is 13.0 Å². The van der Waals surface area contributed by atoms with E-state index in [4.69, 9.17) is 0 Å². The number of nitrogens with one attached hydrogen (secondary N) is 1. The molecule has 7 nitrogen and oxygen atoms in total. The number of sulfone groups is 1. The van der Waals surface area contributed by atoms with Crippen LogP contribution in [0.25, 0.3) is 0 Å². The van der Waals surface area contributed by atoms with Crippen molar-refractivity contribution < 1.29 is 21.6 Å². The Labute approximate surface area is 149 Å². The maximum atomic E-state index is 12.8. The molecule has 0 aromatic heterocycles. The molecule has 1 atom stereocenters. The Kier molecular flexibility index (Phi) is 6.23. The lowest BCUT2D eigenvalue weighted by molar-refractivity contribution is 0.0708. The minimum absolute atomic E-state index is 0.0295. The van der Waals surface area contributed by atoms with Crippen LogP contribution in [0.1, 0.15) is 37.0 Å². The first kappa shape index (κ1) is 19.9. The number of nitrogens with zero attached hydrogens (tertiary/aromatic N) is 1. The lowest BCUT2D eigenvalue weighted by atomic mass is 10.1. The molecule has 0 radical (unpaired) electrons. The van der Waals surface area contributed by atoms with E-state index in [0.29, 0.717) is 25.9 Å². The fourth-order valence-corrected chi connectivity index (χ4v) is 5.78. The van der Waals surface area contributed by atoms with E-state index >= 15 is 0 Å². The zero-order chi connectivity index (χ0) is 18.7. The molecule has 25 heavy (non-hydrogen) atoms. The molecular formula is C16H24N2O5S2. The van der Waals surface area contributed by atoms with Crippen LogP contribution in [0, 0.1) is 0 Å². The van der Waals surface area contributed by atoms with Crippen LogP contribution in [0.15, 0.2) is 29.2 Å². The van der Waals surface area contributed by atoms with Crippen molar-refractivity contribution in [1.82, 2.24) is 9.62 Å². The first-order valence-corrected chi connectivity index (χ1v) is 11.6. The monoisotopic (exact) mass is 388 g/mol. The summed E-state index contributed by atoms with van der Waals surface area (Å²) in [5, 5.41) is 0. The summed E-state index contributed by atoms with van der Waals surface area (Å²) in [4.78, 5) is 14.3. The molecule has 0 saturated carbocycles. The van der Waals surface area contributed by atoms with E-state index in [1.165, 1.54) is 23.1 Å². The van der Waals surface area contributed by atoms with E-state index in [0.717, 1.165) is 0 Å². The second-order valence-electron chi connectivity index (χ2n) is 6.07. The number of carbonyl (C=O) groups is 1. The molecule has 1 N–H and O–H groups in total. The topological polar surface area (TPSA) is 101 Å². The Hall–Kier alpha value is -1.45. The van der Waals surface area contributed by atoms with Gasteiger partial charge in [0.1, 0.15) is 0 Å². The van der Waals surface area contributed by atoms with Gasteiger partial charge in [0.2, 0.25) is 10.0 Å². The van der Waals surface area contributed by atoms with Gasteiger partial charge in [-0.15, -0.1) is 0 Å². The highest BCUT2D eigenvalue weighted by atomic mass is 32.2. The maximum absolute atomic E-state index is 12.8. The van der Waals surface area contributed by atoms with Gasteiger partial charge < -0.3 is 4.90 Å². The highest BCUT2D eigenvalue weighted by Crippen LogP contribution is 2.21. The number of sulfonamides is 1. The van der Waals surface area contributed by atoms with Crippen LogP contribution in [0.3, 0.4) is 0 Å². The summed E-state index contributed by atoms with van der Waals surface area (Å²) < 4.78 is 50.3. The number of rotatable bonds is 7. The third kappa shape index (κ3) is 4.80. The minimum Gasteiger partial charge on any atom is -0.335 e. The molecule has 1 heterocycles. The molecule has 1 fully saturated rings. The fourth-order valence-electron chi connectivity index (χ4n) is 2.87. The summed E-state index contributed by atoms with van der Waals surface area (Å²) >= 11 is 0. The standard InChI is InChI=1S/C16H24N2O5S2/c1-3-9-17-25(22,23)15-7-5-6-13(11-15)16(19)18(4-2)14-8-10-24(20,21)12-14/h5-7,11,14,17H,3-4,8-10,12H2,1-2H3. The van der Waals surface area contributed by atoms with Gasteiger partial charge in [0.05, 0.1) is 16.4 Å². The normalized spacial score (nSPS) is 19.7. The quantitative estimate of drug-likeness (QED) is 0.752. The molecule has 1 unspecified atom stereocenters. The molecule has 140 valence electrons. The molecule has 0 aliphatic carbocycles. The Morgan fingerprint density at radius 2 is 2.04 bits per heavy atom. The van der Waals surface area contributed by atoms with Crippen LogP contribution < -0.4 is 4.72 Å². The molecular weight excluding hydrogens is 364 g/mol. The van der Waals surface area contributed by atoms with Crippen molar-refractivity contribution in [2.75, 3.05) is 24.6 Å². The molecule has 1 aromatic rings. The maximum Gasteiger partial charge on any atom is 0.254 e. The Bertz CT molecular complexity index is 834. The van der Waals surface area contributed by atoms with Crippen molar-refractivity contribution in [2.45, 2.75) is 37.6 Å². The SMILES string of the molecule is CCCNS(=O)(=O)c1cccc(C(=O)N(CC)C2CCS(=O)(=O)C2)c1. The van der Waals surface area contributed by atoms with Crippen molar-refractivity contribution in [2.24, 2.45) is 0 Å². The van der Waals surface area contributed by atoms with Crippen molar-refractivity contribution in [3.05, 3.63) is 29.8 Å². The van der Waals surface area contributed by atoms with Crippen LogP contribution in [-0.4, -0.2) is 58.3 Å². The van der Waals surface area contributed by atoms with Crippen LogP contribution in [0.5, 0.6) is 0 Å². The fraction of sp³-hybridized carbons (Fsp3) is 0.562. The average Bonchev–Trinajstić information content (AvgIpc) is 2.93. The zero-order valence-electron chi connectivity index (χ0n) is 14.4. The van der Waals surface area contributed by atoms with Crippen LogP contribution in [0.4, 0.5) is 0 Å². The summed E-state index contributed by atoms with van der Waals surface area (Å²) in [7, 11) is -6.77. The number of hydrogen-bond acceptors (Lipinski definition) is 5. The highest BCUT2D eigenvalue weighted by molar-refractivity contribution is 7.91. The summed E-state index contributed by atoms with van der Waals surface area (Å²) in [6.07, 6.45) is 1.08. The number of hydrogen-bond donors (Lipinski definition) is 1. The number of amides is 1. The molecule has 1 amide bonds. The first-order chi connectivity index (χ1) is 11.7. The summed E-state index contributed by atoms with van der Waals surface area (Å²) in [5.74, 6) is -0.309. The van der Waals surface area contributed by atoms with Crippen LogP contribution >= 0.6 is 0 Å². The first-order valence-electron chi connectivity index (χ1n) is 8.31. The third-order valence-electron chi connectivity index (χ3n) is 4.18. The van der Waals surface area contributed by atoms with E-state index in [2.05, 4.69) is 4.72 Å². The predicted octanol–water partition coefficient (Wildman–Crippen LogP) is 1.02. The lowest BCUT2D eigenvalue weighted by Gasteiger charge is -2.27. The third-order valence-corrected chi connectivity index (χ3v) is 7.39. The molecule has 2 rings (SSSR count). The summed E-state index contributed by atoms with van der Waals surface area (Å²) in [5.41, 5.74) is 0.241. The van der Waals surface area contributed by atoms with Crippen molar-refractivity contribution in [3.63, 3.8) is 0 Å². The van der Waals surface area contributed by atoms with Gasteiger partial charge in [-0.1, -0.05) is 13.0 Å². The van der Waals surface area contributed by atoms with Gasteiger partial charge in [0, 0.05) is 24.7 Å². The molecule has 0 spiro atoms. The zero-order valence-corrected chi connectivity index (χ0v) is 16.1. The van der Waals surface area contributed by atoms with Crippen molar-refractivity contribution >= 4 is 25.8 Å². The average molecular weight is 389 g/mol. The predicted molar refractivity (Wildman–Crippen MR) is 95.7 cm³/mol. The molecule has 1 aliphatic heterocycles. The van der Waals surface area contributed by atoms with Crippen LogP contribution in [-0.2, 0) is 19.9 Å². The van der Waals surface area contributed by atoms with Gasteiger partial charge in [0.25, 0.3) is 5.91 Å². The minimum atomic E-state index is -3.67. The Morgan fingerprint density at radius 1 is 1.32 bits per heavy atom. The number of benzene rings is 1. The summed E-state index contributed by atoms with van der Waals surface area (Å²) in [6, 6.07) is 5.48. The Morgan fingerprint density at radius 3 is 2.60 bits per heavy atom. The lowest BCUT2D eigenvalue weighted by Crippen LogP contribution is -2.41. The van der Waals surface area contributed by atoms with Gasteiger partial charge in [-0.3, -0.25) is 4.79 Å². The molecule has 1 aromatic carbocycles. The highest BCUT2D eigenvalue weighted by Gasteiger charge is 2.34. The second kappa shape index (κ2) is 7.84. The summed E-state index contributed by atoms with van der Waals surface area (Å²) in [6.45, 7) is 4.33. The van der Waals surface area contributed by atoms with E-state index in [1.807, 2.05) is 6.92 Å². The van der Waals surface area contributed by atoms with Gasteiger partial charge in [-0.2, -0.15) is 0 Å². The second-order valence-corrected chi connectivity index (χ2v) is 10.1. The molecule has 1 saturated heterocycles. The Balaban J connectivity index is 2.25. The smallest absolute Gasteiger partial charge is 0.254 e. The molecule has 1 aliphatic rings. The van der Waals surface area contributed by atoms with Gasteiger partial charge in [-0.05, 0) is 38.0 Å². The van der Waals surface area contributed by atoms with E-state index < -0.39 is 19.9 Å². The molecule has 9 heteroatoms. The van der Waals surface area contributed by atoms with Crippen molar-refractivity contribution in [1.29, 1.82) is 0 Å². The van der Waals surface area contributed by atoms with Gasteiger partial charge in [0.15, 0.2) is 9.84 Å².